The van der Waals surface area contributed by atoms with E-state index >= 15 is 0 Å². The Kier molecular flexibility index (Phi) is 5.21. The summed E-state index contributed by atoms with van der Waals surface area (Å²) >= 11 is 1.60. The Balaban J connectivity index is 1.78. The summed E-state index contributed by atoms with van der Waals surface area (Å²) in [7, 11) is 0. The predicted octanol–water partition coefficient (Wildman–Crippen LogP) is 5.63. The second-order valence-electron chi connectivity index (χ2n) is 6.48. The highest BCUT2D eigenvalue weighted by molar-refractivity contribution is 7.99. The first-order valence-corrected chi connectivity index (χ1v) is 9.85. The van der Waals surface area contributed by atoms with Crippen molar-refractivity contribution in [3.05, 3.63) is 90.0 Å². The first kappa shape index (κ1) is 18.4. The van der Waals surface area contributed by atoms with Crippen LogP contribution in [0.25, 0.3) is 17.1 Å². The summed E-state index contributed by atoms with van der Waals surface area (Å²) in [6.07, 6.45) is 3.50. The minimum absolute atomic E-state index is 0.0952. The Morgan fingerprint density at radius 2 is 1.64 bits per heavy atom. The molecule has 0 amide bonds. The second-order valence-corrected chi connectivity index (χ2v) is 7.78. The highest BCUT2D eigenvalue weighted by Gasteiger charge is 2.20. The van der Waals surface area contributed by atoms with Crippen molar-refractivity contribution in [2.75, 3.05) is 0 Å². The third-order valence-electron chi connectivity index (χ3n) is 4.55. The van der Waals surface area contributed by atoms with Gasteiger partial charge in [0.1, 0.15) is 5.82 Å². The van der Waals surface area contributed by atoms with Gasteiger partial charge in [0.15, 0.2) is 11.0 Å². The van der Waals surface area contributed by atoms with Crippen molar-refractivity contribution in [1.29, 1.82) is 0 Å². The van der Waals surface area contributed by atoms with Crippen LogP contribution in [0.3, 0.4) is 0 Å². The molecule has 0 aliphatic carbocycles. The SMILES string of the molecule is Cc1ccccc1-n1c(S[C@H](C)c2ccc(F)cc2)nnc1-c1ccncc1. The van der Waals surface area contributed by atoms with Gasteiger partial charge in [-0.25, -0.2) is 4.39 Å². The predicted molar refractivity (Wildman–Crippen MR) is 110 cm³/mol. The number of pyridine rings is 1. The minimum atomic E-state index is -0.232. The number of benzene rings is 2. The van der Waals surface area contributed by atoms with Gasteiger partial charge in [0.05, 0.1) is 5.69 Å². The zero-order valence-corrected chi connectivity index (χ0v) is 16.4. The normalized spacial score (nSPS) is 12.1. The molecule has 28 heavy (non-hydrogen) atoms. The van der Waals surface area contributed by atoms with Crippen molar-refractivity contribution in [1.82, 2.24) is 19.7 Å². The molecule has 0 aliphatic heterocycles. The molecule has 0 N–H and O–H groups in total. The van der Waals surface area contributed by atoms with Crippen LogP contribution in [-0.2, 0) is 0 Å². The van der Waals surface area contributed by atoms with Gasteiger partial charge in [-0.15, -0.1) is 10.2 Å². The molecular weight excluding hydrogens is 371 g/mol. The van der Waals surface area contributed by atoms with Crippen LogP contribution >= 0.6 is 11.8 Å². The monoisotopic (exact) mass is 390 g/mol. The average molecular weight is 390 g/mol. The second kappa shape index (κ2) is 7.94. The van der Waals surface area contributed by atoms with E-state index in [-0.39, 0.29) is 11.1 Å². The molecular formula is C22H19FN4S. The smallest absolute Gasteiger partial charge is 0.196 e. The number of aryl methyl sites for hydroxylation is 1. The Hall–Kier alpha value is -2.99. The summed E-state index contributed by atoms with van der Waals surface area (Å²) in [4.78, 5) is 4.10. The molecule has 2 heterocycles. The largest absolute Gasteiger partial charge is 0.270 e. The van der Waals surface area contributed by atoms with Crippen LogP contribution in [0, 0.1) is 12.7 Å². The van der Waals surface area contributed by atoms with E-state index in [1.807, 2.05) is 36.4 Å². The fourth-order valence-corrected chi connectivity index (χ4v) is 4.01. The summed E-state index contributed by atoms with van der Waals surface area (Å²) in [5.41, 5.74) is 4.16. The number of para-hydroxylation sites is 1. The fourth-order valence-electron chi connectivity index (χ4n) is 3.03. The van der Waals surface area contributed by atoms with Gasteiger partial charge in [-0.2, -0.15) is 0 Å². The van der Waals surface area contributed by atoms with Crippen LogP contribution in [-0.4, -0.2) is 19.7 Å². The summed E-state index contributed by atoms with van der Waals surface area (Å²) < 4.78 is 15.3. The molecule has 2 aromatic heterocycles. The molecule has 0 unspecified atom stereocenters. The van der Waals surface area contributed by atoms with E-state index in [0.717, 1.165) is 33.4 Å². The van der Waals surface area contributed by atoms with Crippen LogP contribution in [0.1, 0.15) is 23.3 Å². The van der Waals surface area contributed by atoms with Crippen molar-refractivity contribution < 1.29 is 4.39 Å². The van der Waals surface area contributed by atoms with Crippen LogP contribution in [0.5, 0.6) is 0 Å². The van der Waals surface area contributed by atoms with Crippen LogP contribution in [0.4, 0.5) is 4.39 Å². The van der Waals surface area contributed by atoms with Gasteiger partial charge in [-0.05, 0) is 55.3 Å². The molecule has 2 aromatic carbocycles. The zero-order chi connectivity index (χ0) is 19.5. The molecule has 0 saturated carbocycles. The highest BCUT2D eigenvalue weighted by atomic mass is 32.2. The number of nitrogens with zero attached hydrogens (tertiary/aromatic N) is 4. The Labute approximate surface area is 167 Å². The lowest BCUT2D eigenvalue weighted by atomic mass is 10.2. The maximum Gasteiger partial charge on any atom is 0.196 e. The molecule has 140 valence electrons. The number of thioether (sulfide) groups is 1. The van der Waals surface area contributed by atoms with E-state index in [2.05, 4.69) is 45.7 Å². The number of halogens is 1. The van der Waals surface area contributed by atoms with Crippen molar-refractivity contribution in [3.63, 3.8) is 0 Å². The van der Waals surface area contributed by atoms with Gasteiger partial charge < -0.3 is 0 Å². The van der Waals surface area contributed by atoms with E-state index < -0.39 is 0 Å². The van der Waals surface area contributed by atoms with Gasteiger partial charge in [0.25, 0.3) is 0 Å². The maximum absolute atomic E-state index is 13.3. The zero-order valence-electron chi connectivity index (χ0n) is 15.6. The van der Waals surface area contributed by atoms with Crippen molar-refractivity contribution in [3.8, 4) is 17.1 Å². The van der Waals surface area contributed by atoms with Crippen LogP contribution in [0.15, 0.2) is 78.2 Å². The summed E-state index contributed by atoms with van der Waals surface area (Å²) in [5, 5.41) is 9.83. The van der Waals surface area contributed by atoms with Gasteiger partial charge in [-0.1, -0.05) is 42.1 Å². The van der Waals surface area contributed by atoms with Gasteiger partial charge in [-0.3, -0.25) is 9.55 Å². The number of rotatable bonds is 5. The number of hydrogen-bond donors (Lipinski definition) is 0. The van der Waals surface area contributed by atoms with Crippen molar-refractivity contribution >= 4 is 11.8 Å². The molecule has 1 atom stereocenters. The summed E-state index contributed by atoms with van der Waals surface area (Å²) in [6.45, 7) is 4.16. The maximum atomic E-state index is 13.3. The van der Waals surface area contributed by atoms with E-state index in [1.54, 1.807) is 24.2 Å². The molecule has 0 fully saturated rings. The molecule has 0 radical (unpaired) electrons. The fraction of sp³-hybridized carbons (Fsp3) is 0.136. The Morgan fingerprint density at radius 1 is 0.929 bits per heavy atom. The summed E-state index contributed by atoms with van der Waals surface area (Å²) in [6, 6.07) is 18.6. The van der Waals surface area contributed by atoms with E-state index in [4.69, 9.17) is 0 Å². The first-order chi connectivity index (χ1) is 13.6. The quantitative estimate of drug-likeness (QED) is 0.414. The molecule has 4 aromatic rings. The lowest BCUT2D eigenvalue weighted by Gasteiger charge is -2.15. The van der Waals surface area contributed by atoms with E-state index in [1.165, 1.54) is 12.1 Å². The third-order valence-corrected chi connectivity index (χ3v) is 5.65. The standard InChI is InChI=1S/C22H19FN4S/c1-15-5-3-4-6-20(15)27-21(18-11-13-24-14-12-18)25-26-22(27)28-16(2)17-7-9-19(23)10-8-17/h3-14,16H,1-2H3/t16-/m1/s1. The van der Waals surface area contributed by atoms with E-state index in [0.29, 0.717) is 0 Å². The van der Waals surface area contributed by atoms with E-state index in [9.17, 15) is 4.39 Å². The molecule has 0 spiro atoms. The Morgan fingerprint density at radius 3 is 2.36 bits per heavy atom. The number of aromatic nitrogens is 4. The first-order valence-electron chi connectivity index (χ1n) is 8.97. The topological polar surface area (TPSA) is 43.6 Å². The average Bonchev–Trinajstić information content (AvgIpc) is 3.13. The molecule has 4 nitrogen and oxygen atoms in total. The van der Waals surface area contributed by atoms with Crippen LogP contribution in [0.2, 0.25) is 0 Å². The third kappa shape index (κ3) is 3.68. The lowest BCUT2D eigenvalue weighted by molar-refractivity contribution is 0.627. The lowest BCUT2D eigenvalue weighted by Crippen LogP contribution is -2.02. The van der Waals surface area contributed by atoms with Gasteiger partial charge in [0, 0.05) is 23.2 Å². The Bertz CT molecular complexity index is 1080. The number of hydrogen-bond acceptors (Lipinski definition) is 4. The van der Waals surface area contributed by atoms with Crippen LogP contribution < -0.4 is 0 Å². The van der Waals surface area contributed by atoms with Crippen molar-refractivity contribution in [2.45, 2.75) is 24.3 Å². The molecule has 4 rings (SSSR count). The van der Waals surface area contributed by atoms with Gasteiger partial charge in [0.2, 0.25) is 0 Å². The van der Waals surface area contributed by atoms with Crippen molar-refractivity contribution in [2.24, 2.45) is 0 Å². The van der Waals surface area contributed by atoms with Gasteiger partial charge >= 0.3 is 0 Å². The molecule has 0 aliphatic rings. The summed E-state index contributed by atoms with van der Waals surface area (Å²) in [5.74, 6) is 0.537. The molecule has 6 heteroatoms. The molecule has 0 bridgehead atoms. The molecule has 0 saturated heterocycles. The highest BCUT2D eigenvalue weighted by Crippen LogP contribution is 2.37. The minimum Gasteiger partial charge on any atom is -0.270 e.